The van der Waals surface area contributed by atoms with Crippen LogP contribution in [0.4, 0.5) is 0 Å². The molecule has 1 fully saturated rings. The summed E-state index contributed by atoms with van der Waals surface area (Å²) in [6.07, 6.45) is 8.71. The van der Waals surface area contributed by atoms with Crippen LogP contribution in [0.15, 0.2) is 6.20 Å². The van der Waals surface area contributed by atoms with Crippen molar-refractivity contribution in [2.45, 2.75) is 76.9 Å². The summed E-state index contributed by atoms with van der Waals surface area (Å²) in [6, 6.07) is 0. The summed E-state index contributed by atoms with van der Waals surface area (Å²) in [7, 11) is 0. The van der Waals surface area contributed by atoms with E-state index in [2.05, 4.69) is 31.1 Å². The van der Waals surface area contributed by atoms with E-state index < -0.39 is 5.60 Å². The van der Waals surface area contributed by atoms with Crippen LogP contribution in [0.25, 0.3) is 0 Å². The zero-order valence-electron chi connectivity index (χ0n) is 13.0. The van der Waals surface area contributed by atoms with Crippen LogP contribution >= 0.6 is 11.3 Å². The lowest BCUT2D eigenvalue weighted by atomic mass is 9.94. The van der Waals surface area contributed by atoms with Crippen LogP contribution < -0.4 is 5.32 Å². The molecule has 0 bridgehead atoms. The quantitative estimate of drug-likeness (QED) is 0.834. The van der Waals surface area contributed by atoms with Crippen molar-refractivity contribution in [2.24, 2.45) is 0 Å². The Morgan fingerprint density at radius 3 is 2.45 bits per heavy atom. The summed E-state index contributed by atoms with van der Waals surface area (Å²) in [4.78, 5) is 5.76. The molecule has 0 amide bonds. The fourth-order valence-corrected chi connectivity index (χ4v) is 3.66. The largest absolute Gasteiger partial charge is 0.389 e. The summed E-state index contributed by atoms with van der Waals surface area (Å²) in [5.41, 5.74) is -0.365. The second kappa shape index (κ2) is 6.54. The van der Waals surface area contributed by atoms with Gasteiger partial charge in [0.15, 0.2) is 0 Å². The predicted molar refractivity (Wildman–Crippen MR) is 85.2 cm³/mol. The van der Waals surface area contributed by atoms with Gasteiger partial charge >= 0.3 is 0 Å². The van der Waals surface area contributed by atoms with Crippen LogP contribution in [-0.2, 0) is 12.0 Å². The Labute approximate surface area is 126 Å². The minimum Gasteiger partial charge on any atom is -0.389 e. The maximum Gasteiger partial charge on any atom is 0.0981 e. The third-order valence-electron chi connectivity index (χ3n) is 3.98. The Bertz CT molecular complexity index is 414. The average molecular weight is 296 g/mol. The lowest BCUT2D eigenvalue weighted by molar-refractivity contribution is 0.0251. The molecular formula is C16H28N2OS. The molecule has 1 heterocycles. The molecule has 1 aromatic rings. The number of nitrogens with one attached hydrogen (secondary N) is 1. The Kier molecular flexibility index (Phi) is 5.21. The zero-order chi connectivity index (χ0) is 14.6. The van der Waals surface area contributed by atoms with Gasteiger partial charge in [-0.1, -0.05) is 46.5 Å². The first-order valence-electron chi connectivity index (χ1n) is 7.77. The van der Waals surface area contributed by atoms with Crippen molar-refractivity contribution >= 4 is 11.3 Å². The normalized spacial score (nSPS) is 19.8. The molecule has 0 radical (unpaired) electrons. The van der Waals surface area contributed by atoms with Crippen molar-refractivity contribution in [1.82, 2.24) is 10.3 Å². The molecule has 0 unspecified atom stereocenters. The molecule has 0 aliphatic heterocycles. The number of hydrogen-bond donors (Lipinski definition) is 2. The molecule has 2 N–H and O–H groups in total. The van der Waals surface area contributed by atoms with Gasteiger partial charge in [0.1, 0.15) is 0 Å². The van der Waals surface area contributed by atoms with Gasteiger partial charge in [0.05, 0.1) is 10.6 Å². The molecule has 1 aliphatic rings. The van der Waals surface area contributed by atoms with Gasteiger partial charge in [-0.3, -0.25) is 0 Å². The fourth-order valence-electron chi connectivity index (χ4n) is 2.72. The van der Waals surface area contributed by atoms with Crippen LogP contribution in [0.1, 0.15) is 69.2 Å². The number of thiazole rings is 1. The minimum atomic E-state index is -0.492. The van der Waals surface area contributed by atoms with E-state index >= 15 is 0 Å². The van der Waals surface area contributed by atoms with Crippen LogP contribution in [0, 0.1) is 0 Å². The number of rotatable bonds is 4. The number of hydrogen-bond acceptors (Lipinski definition) is 4. The lowest BCUT2D eigenvalue weighted by Gasteiger charge is -2.26. The highest BCUT2D eigenvalue weighted by Gasteiger charge is 2.27. The standard InChI is InChI=1S/C16H28N2OS/c1-15(2,3)14-18-11-13(20-14)10-17-12-16(19)8-6-4-5-7-9-16/h11,17,19H,4-10,12H2,1-3H3. The predicted octanol–water partition coefficient (Wildman–Crippen LogP) is 3.62. The first kappa shape index (κ1) is 15.9. The van der Waals surface area contributed by atoms with Crippen LogP contribution in [-0.4, -0.2) is 22.2 Å². The maximum atomic E-state index is 10.6. The zero-order valence-corrected chi connectivity index (χ0v) is 13.9. The van der Waals surface area contributed by atoms with Gasteiger partial charge in [-0.05, 0) is 12.8 Å². The van der Waals surface area contributed by atoms with Gasteiger partial charge in [-0.2, -0.15) is 0 Å². The first-order chi connectivity index (χ1) is 9.39. The molecule has 3 nitrogen and oxygen atoms in total. The Hall–Kier alpha value is -0.450. The van der Waals surface area contributed by atoms with Crippen LogP contribution in [0.3, 0.4) is 0 Å². The summed E-state index contributed by atoms with van der Waals surface area (Å²) in [6.45, 7) is 8.09. The lowest BCUT2D eigenvalue weighted by Crippen LogP contribution is -2.39. The summed E-state index contributed by atoms with van der Waals surface area (Å²) < 4.78 is 0. The summed E-state index contributed by atoms with van der Waals surface area (Å²) >= 11 is 1.77. The second-order valence-electron chi connectivity index (χ2n) is 7.12. The molecule has 0 spiro atoms. The van der Waals surface area contributed by atoms with E-state index in [1.807, 2.05) is 6.20 Å². The molecule has 1 aromatic heterocycles. The van der Waals surface area contributed by atoms with E-state index in [1.54, 1.807) is 11.3 Å². The molecule has 20 heavy (non-hydrogen) atoms. The van der Waals surface area contributed by atoms with Gasteiger partial charge < -0.3 is 10.4 Å². The van der Waals surface area contributed by atoms with Gasteiger partial charge in [0, 0.05) is 29.6 Å². The number of aromatic nitrogens is 1. The Balaban J connectivity index is 1.82. The van der Waals surface area contributed by atoms with Gasteiger partial charge in [-0.25, -0.2) is 4.98 Å². The van der Waals surface area contributed by atoms with Crippen molar-refractivity contribution in [1.29, 1.82) is 0 Å². The Morgan fingerprint density at radius 2 is 1.90 bits per heavy atom. The summed E-state index contributed by atoms with van der Waals surface area (Å²) in [5, 5.41) is 15.2. The van der Waals surface area contributed by atoms with E-state index in [1.165, 1.54) is 22.7 Å². The SMILES string of the molecule is CC(C)(C)c1ncc(CNCC2(O)CCCCCC2)s1. The maximum absolute atomic E-state index is 10.6. The number of aliphatic hydroxyl groups is 1. The van der Waals surface area contributed by atoms with E-state index in [0.717, 1.165) is 32.2 Å². The average Bonchev–Trinajstić information content (AvgIpc) is 2.73. The second-order valence-corrected chi connectivity index (χ2v) is 8.24. The molecule has 1 aliphatic carbocycles. The molecular weight excluding hydrogens is 268 g/mol. The summed E-state index contributed by atoms with van der Waals surface area (Å²) in [5.74, 6) is 0. The third kappa shape index (κ3) is 4.54. The Morgan fingerprint density at radius 1 is 1.25 bits per heavy atom. The topological polar surface area (TPSA) is 45.2 Å². The molecule has 0 aromatic carbocycles. The smallest absolute Gasteiger partial charge is 0.0981 e. The van der Waals surface area contributed by atoms with Crippen molar-refractivity contribution in [3.05, 3.63) is 16.1 Å². The fraction of sp³-hybridized carbons (Fsp3) is 0.812. The monoisotopic (exact) mass is 296 g/mol. The van der Waals surface area contributed by atoms with E-state index in [-0.39, 0.29) is 5.41 Å². The van der Waals surface area contributed by atoms with Crippen molar-refractivity contribution in [2.75, 3.05) is 6.54 Å². The molecule has 1 saturated carbocycles. The first-order valence-corrected chi connectivity index (χ1v) is 8.59. The highest BCUT2D eigenvalue weighted by Crippen LogP contribution is 2.28. The van der Waals surface area contributed by atoms with E-state index in [4.69, 9.17) is 0 Å². The molecule has 114 valence electrons. The van der Waals surface area contributed by atoms with E-state index in [9.17, 15) is 5.11 Å². The third-order valence-corrected chi connectivity index (χ3v) is 5.41. The van der Waals surface area contributed by atoms with E-state index in [0.29, 0.717) is 6.54 Å². The van der Waals surface area contributed by atoms with Crippen LogP contribution in [0.5, 0.6) is 0 Å². The van der Waals surface area contributed by atoms with Crippen LogP contribution in [0.2, 0.25) is 0 Å². The van der Waals surface area contributed by atoms with Crippen molar-refractivity contribution < 1.29 is 5.11 Å². The van der Waals surface area contributed by atoms with Crippen molar-refractivity contribution in [3.63, 3.8) is 0 Å². The molecule has 2 rings (SSSR count). The van der Waals surface area contributed by atoms with Crippen molar-refractivity contribution in [3.8, 4) is 0 Å². The molecule has 4 heteroatoms. The van der Waals surface area contributed by atoms with Gasteiger partial charge in [0.25, 0.3) is 0 Å². The molecule has 0 atom stereocenters. The highest BCUT2D eigenvalue weighted by molar-refractivity contribution is 7.11. The van der Waals surface area contributed by atoms with Gasteiger partial charge in [0.2, 0.25) is 0 Å². The number of nitrogens with zero attached hydrogens (tertiary/aromatic N) is 1. The highest BCUT2D eigenvalue weighted by atomic mass is 32.1. The van der Waals surface area contributed by atoms with Gasteiger partial charge in [-0.15, -0.1) is 11.3 Å². The minimum absolute atomic E-state index is 0.127. The molecule has 0 saturated heterocycles.